The summed E-state index contributed by atoms with van der Waals surface area (Å²) in [6, 6.07) is 11.0. The van der Waals surface area contributed by atoms with Crippen LogP contribution in [0.4, 0.5) is 10.2 Å². The third kappa shape index (κ3) is 3.10. The highest BCUT2D eigenvalue weighted by Crippen LogP contribution is 2.30. The van der Waals surface area contributed by atoms with Gasteiger partial charge in [-0.15, -0.1) is 0 Å². The van der Waals surface area contributed by atoms with Crippen LogP contribution in [0.25, 0.3) is 11.3 Å². The number of methoxy groups -OCH3 is 1. The predicted octanol–water partition coefficient (Wildman–Crippen LogP) is 2.88. The molecule has 1 amide bonds. The summed E-state index contributed by atoms with van der Waals surface area (Å²) in [4.78, 5) is 16.3. The molecule has 0 atom stereocenters. The highest BCUT2D eigenvalue weighted by Gasteiger charge is 2.17. The number of halogens is 1. The zero-order valence-electron chi connectivity index (χ0n) is 13.2. The van der Waals surface area contributed by atoms with Crippen molar-refractivity contribution in [1.82, 2.24) is 14.8 Å². The zero-order valence-corrected chi connectivity index (χ0v) is 13.2. The van der Waals surface area contributed by atoms with Crippen molar-refractivity contribution in [2.75, 3.05) is 12.4 Å². The van der Waals surface area contributed by atoms with Crippen LogP contribution in [0.15, 0.2) is 48.7 Å². The van der Waals surface area contributed by atoms with Crippen LogP contribution in [0, 0.1) is 5.82 Å². The van der Waals surface area contributed by atoms with Crippen molar-refractivity contribution in [1.29, 1.82) is 0 Å². The fourth-order valence-electron chi connectivity index (χ4n) is 2.33. The SMILES string of the molecule is COc1ccc(F)cc1-c1cc(C(=O)Nc2ccccn2)nn1C. The number of nitrogens with one attached hydrogen (secondary N) is 1. The molecule has 0 bridgehead atoms. The highest BCUT2D eigenvalue weighted by molar-refractivity contribution is 6.03. The minimum Gasteiger partial charge on any atom is -0.496 e. The summed E-state index contributed by atoms with van der Waals surface area (Å²) in [6.07, 6.45) is 1.58. The van der Waals surface area contributed by atoms with Gasteiger partial charge in [0.2, 0.25) is 0 Å². The second-order valence-electron chi connectivity index (χ2n) is 5.05. The molecule has 0 radical (unpaired) electrons. The number of nitrogens with zero attached hydrogens (tertiary/aromatic N) is 3. The van der Waals surface area contributed by atoms with Crippen molar-refractivity contribution in [3.8, 4) is 17.0 Å². The van der Waals surface area contributed by atoms with Gasteiger partial charge in [-0.25, -0.2) is 9.37 Å². The molecule has 6 nitrogen and oxygen atoms in total. The van der Waals surface area contributed by atoms with Gasteiger partial charge in [-0.2, -0.15) is 5.10 Å². The minimum absolute atomic E-state index is 0.199. The van der Waals surface area contributed by atoms with Crippen LogP contribution in [0.5, 0.6) is 5.75 Å². The molecule has 24 heavy (non-hydrogen) atoms. The molecular weight excluding hydrogens is 311 g/mol. The van der Waals surface area contributed by atoms with E-state index in [1.165, 1.54) is 30.0 Å². The van der Waals surface area contributed by atoms with Gasteiger partial charge in [0.25, 0.3) is 5.91 Å². The Hall–Kier alpha value is -3.22. The number of hydrogen-bond donors (Lipinski definition) is 1. The summed E-state index contributed by atoms with van der Waals surface area (Å²) in [5.41, 5.74) is 1.28. The molecule has 3 rings (SSSR count). The first-order valence-electron chi connectivity index (χ1n) is 7.19. The lowest BCUT2D eigenvalue weighted by atomic mass is 10.1. The van der Waals surface area contributed by atoms with Gasteiger partial charge in [0.1, 0.15) is 17.4 Å². The van der Waals surface area contributed by atoms with E-state index >= 15 is 0 Å². The number of anilines is 1. The summed E-state index contributed by atoms with van der Waals surface area (Å²) in [6.45, 7) is 0. The van der Waals surface area contributed by atoms with E-state index in [2.05, 4.69) is 15.4 Å². The Labute approximate surface area is 137 Å². The fourth-order valence-corrected chi connectivity index (χ4v) is 2.33. The summed E-state index contributed by atoms with van der Waals surface area (Å²) >= 11 is 0. The zero-order chi connectivity index (χ0) is 17.1. The monoisotopic (exact) mass is 326 g/mol. The Morgan fingerprint density at radius 1 is 1.25 bits per heavy atom. The van der Waals surface area contributed by atoms with E-state index in [4.69, 9.17) is 4.74 Å². The lowest BCUT2D eigenvalue weighted by Gasteiger charge is -2.08. The van der Waals surface area contributed by atoms with E-state index in [1.54, 1.807) is 37.5 Å². The van der Waals surface area contributed by atoms with E-state index < -0.39 is 11.7 Å². The molecule has 1 N–H and O–H groups in total. The lowest BCUT2D eigenvalue weighted by Crippen LogP contribution is -2.13. The molecule has 122 valence electrons. The number of amides is 1. The maximum Gasteiger partial charge on any atom is 0.277 e. The molecule has 3 aromatic rings. The van der Waals surface area contributed by atoms with E-state index in [9.17, 15) is 9.18 Å². The molecule has 2 heterocycles. The van der Waals surface area contributed by atoms with Crippen molar-refractivity contribution in [2.45, 2.75) is 0 Å². The molecule has 0 unspecified atom stereocenters. The van der Waals surface area contributed by atoms with Crippen LogP contribution in [0.3, 0.4) is 0 Å². The number of rotatable bonds is 4. The van der Waals surface area contributed by atoms with Crippen LogP contribution >= 0.6 is 0 Å². The molecule has 0 saturated heterocycles. The second-order valence-corrected chi connectivity index (χ2v) is 5.05. The lowest BCUT2D eigenvalue weighted by molar-refractivity contribution is 0.102. The number of hydrogen-bond acceptors (Lipinski definition) is 4. The molecule has 0 aliphatic heterocycles. The molecule has 0 fully saturated rings. The Kier molecular flexibility index (Phi) is 4.24. The standard InChI is InChI=1S/C17H15FN4O2/c1-22-14(12-9-11(18)6-7-15(12)24-2)10-13(21-22)17(23)20-16-5-3-4-8-19-16/h3-10H,1-2H3,(H,19,20,23). The molecule has 7 heteroatoms. The molecule has 0 saturated carbocycles. The molecule has 0 spiro atoms. The average molecular weight is 326 g/mol. The second kappa shape index (κ2) is 6.49. The molecular formula is C17H15FN4O2. The van der Waals surface area contributed by atoms with Crippen LogP contribution in [-0.4, -0.2) is 27.8 Å². The van der Waals surface area contributed by atoms with Gasteiger partial charge >= 0.3 is 0 Å². The molecule has 0 aliphatic carbocycles. The number of aryl methyl sites for hydroxylation is 1. The number of pyridine rings is 1. The first-order valence-corrected chi connectivity index (χ1v) is 7.19. The summed E-state index contributed by atoms with van der Waals surface area (Å²) in [5.74, 6) is 0.131. The normalized spacial score (nSPS) is 10.5. The maximum absolute atomic E-state index is 13.6. The van der Waals surface area contributed by atoms with Crippen molar-refractivity contribution >= 4 is 11.7 Å². The van der Waals surface area contributed by atoms with E-state index in [0.717, 1.165) is 0 Å². The van der Waals surface area contributed by atoms with Crippen LogP contribution in [-0.2, 0) is 7.05 Å². The maximum atomic E-state index is 13.6. The quantitative estimate of drug-likeness (QED) is 0.800. The summed E-state index contributed by atoms with van der Waals surface area (Å²) in [5, 5.41) is 6.85. The van der Waals surface area contributed by atoms with Gasteiger partial charge in [-0.05, 0) is 36.4 Å². The van der Waals surface area contributed by atoms with Gasteiger partial charge in [0.05, 0.1) is 12.8 Å². The Morgan fingerprint density at radius 2 is 2.08 bits per heavy atom. The van der Waals surface area contributed by atoms with Gasteiger partial charge in [-0.3, -0.25) is 9.48 Å². The number of carbonyl (C=O) groups excluding carboxylic acids is 1. The first kappa shape index (κ1) is 15.7. The molecule has 2 aromatic heterocycles. The number of benzene rings is 1. The smallest absolute Gasteiger partial charge is 0.277 e. The third-order valence-electron chi connectivity index (χ3n) is 3.46. The molecule has 1 aromatic carbocycles. The van der Waals surface area contributed by atoms with Gasteiger partial charge < -0.3 is 10.1 Å². The molecule has 0 aliphatic rings. The fraction of sp³-hybridized carbons (Fsp3) is 0.118. The van der Waals surface area contributed by atoms with E-state index in [1.807, 2.05) is 0 Å². The Balaban J connectivity index is 1.93. The Bertz CT molecular complexity index is 878. The van der Waals surface area contributed by atoms with Gasteiger partial charge in [0.15, 0.2) is 5.69 Å². The number of aromatic nitrogens is 3. The van der Waals surface area contributed by atoms with E-state index in [0.29, 0.717) is 22.8 Å². The van der Waals surface area contributed by atoms with Crippen molar-refractivity contribution in [3.05, 3.63) is 60.2 Å². The van der Waals surface area contributed by atoms with Gasteiger partial charge in [0, 0.05) is 18.8 Å². The number of ether oxygens (including phenoxy) is 1. The third-order valence-corrected chi connectivity index (χ3v) is 3.46. The van der Waals surface area contributed by atoms with Crippen LogP contribution in [0.2, 0.25) is 0 Å². The minimum atomic E-state index is -0.397. The van der Waals surface area contributed by atoms with Crippen LogP contribution in [0.1, 0.15) is 10.5 Å². The largest absolute Gasteiger partial charge is 0.496 e. The van der Waals surface area contributed by atoms with Crippen molar-refractivity contribution in [2.24, 2.45) is 7.05 Å². The first-order chi connectivity index (χ1) is 11.6. The summed E-state index contributed by atoms with van der Waals surface area (Å²) in [7, 11) is 3.18. The average Bonchev–Trinajstić information content (AvgIpc) is 2.97. The van der Waals surface area contributed by atoms with Crippen LogP contribution < -0.4 is 10.1 Å². The topological polar surface area (TPSA) is 69.0 Å². The van der Waals surface area contributed by atoms with Crippen molar-refractivity contribution < 1.29 is 13.9 Å². The Morgan fingerprint density at radius 3 is 2.79 bits per heavy atom. The summed E-state index contributed by atoms with van der Waals surface area (Å²) < 4.78 is 20.3. The highest BCUT2D eigenvalue weighted by atomic mass is 19.1. The van der Waals surface area contributed by atoms with E-state index in [-0.39, 0.29) is 5.69 Å². The van der Waals surface area contributed by atoms with Crippen molar-refractivity contribution in [3.63, 3.8) is 0 Å². The number of carbonyl (C=O) groups is 1. The van der Waals surface area contributed by atoms with Gasteiger partial charge in [-0.1, -0.05) is 6.07 Å². The predicted molar refractivity (Wildman–Crippen MR) is 87.3 cm³/mol.